The molecule has 0 aliphatic heterocycles. The number of ether oxygens (including phenoxy) is 1. The molecule has 1 atom stereocenters. The molecule has 0 saturated heterocycles. The molecule has 19 heavy (non-hydrogen) atoms. The van der Waals surface area contributed by atoms with E-state index in [4.69, 9.17) is 10.6 Å². The number of hydrazine groups is 1. The van der Waals surface area contributed by atoms with Crippen LogP contribution >= 0.6 is 0 Å². The normalized spacial score (nSPS) is 12.1. The molecule has 1 aromatic carbocycles. The van der Waals surface area contributed by atoms with Crippen LogP contribution in [-0.2, 0) is 6.42 Å². The third-order valence-electron chi connectivity index (χ3n) is 3.09. The number of benzene rings is 1. The second kappa shape index (κ2) is 6.82. The molecule has 2 aromatic rings. The second-order valence-corrected chi connectivity index (χ2v) is 4.28. The van der Waals surface area contributed by atoms with E-state index in [2.05, 4.69) is 27.8 Å². The SMILES string of the molecule is COc1ccc(CCC(NN)c2ccnnc2)cc1. The monoisotopic (exact) mass is 258 g/mol. The number of nitrogens with zero attached hydrogens (tertiary/aromatic N) is 2. The molecule has 5 heteroatoms. The molecule has 1 unspecified atom stereocenters. The van der Waals surface area contributed by atoms with E-state index in [1.54, 1.807) is 19.5 Å². The van der Waals surface area contributed by atoms with Gasteiger partial charge in [0.25, 0.3) is 0 Å². The fraction of sp³-hybridized carbons (Fsp3) is 0.286. The lowest BCUT2D eigenvalue weighted by atomic mass is 10.0. The predicted octanol–water partition coefficient (Wildman–Crippen LogP) is 1.62. The van der Waals surface area contributed by atoms with E-state index in [0.717, 1.165) is 24.2 Å². The highest BCUT2D eigenvalue weighted by Gasteiger charge is 2.09. The fourth-order valence-electron chi connectivity index (χ4n) is 1.96. The van der Waals surface area contributed by atoms with Crippen LogP contribution in [0.15, 0.2) is 42.7 Å². The fourth-order valence-corrected chi connectivity index (χ4v) is 1.96. The van der Waals surface area contributed by atoms with Gasteiger partial charge >= 0.3 is 0 Å². The van der Waals surface area contributed by atoms with Gasteiger partial charge in [-0.1, -0.05) is 12.1 Å². The lowest BCUT2D eigenvalue weighted by Crippen LogP contribution is -2.28. The van der Waals surface area contributed by atoms with E-state index in [9.17, 15) is 0 Å². The number of rotatable bonds is 6. The number of hydrogen-bond donors (Lipinski definition) is 2. The van der Waals surface area contributed by atoms with Gasteiger partial charge in [0.2, 0.25) is 0 Å². The van der Waals surface area contributed by atoms with Crippen LogP contribution in [0.1, 0.15) is 23.6 Å². The van der Waals surface area contributed by atoms with Crippen molar-refractivity contribution in [3.05, 3.63) is 53.9 Å². The average Bonchev–Trinajstić information content (AvgIpc) is 2.49. The van der Waals surface area contributed by atoms with Gasteiger partial charge in [-0.05, 0) is 42.2 Å². The van der Waals surface area contributed by atoms with E-state index in [1.165, 1.54) is 5.56 Å². The van der Waals surface area contributed by atoms with Crippen molar-refractivity contribution in [2.24, 2.45) is 5.84 Å². The highest BCUT2D eigenvalue weighted by Crippen LogP contribution is 2.18. The maximum Gasteiger partial charge on any atom is 0.118 e. The summed E-state index contributed by atoms with van der Waals surface area (Å²) in [6.45, 7) is 0. The minimum atomic E-state index is 0.0811. The number of nitrogens with one attached hydrogen (secondary N) is 1. The molecule has 0 aliphatic rings. The number of aryl methyl sites for hydroxylation is 1. The molecule has 0 spiro atoms. The summed E-state index contributed by atoms with van der Waals surface area (Å²) in [6.07, 6.45) is 5.24. The Hall–Kier alpha value is -1.98. The van der Waals surface area contributed by atoms with Gasteiger partial charge in [-0.2, -0.15) is 10.2 Å². The van der Waals surface area contributed by atoms with Crippen molar-refractivity contribution < 1.29 is 4.74 Å². The van der Waals surface area contributed by atoms with Crippen LogP contribution in [0.5, 0.6) is 5.75 Å². The molecule has 0 aliphatic carbocycles. The molecular formula is C14H18N4O. The van der Waals surface area contributed by atoms with Crippen LogP contribution in [0.2, 0.25) is 0 Å². The number of hydrogen-bond acceptors (Lipinski definition) is 5. The Labute approximate surface area is 112 Å². The van der Waals surface area contributed by atoms with Crippen molar-refractivity contribution in [1.29, 1.82) is 0 Å². The molecule has 0 bridgehead atoms. The van der Waals surface area contributed by atoms with E-state index in [1.807, 2.05) is 18.2 Å². The summed E-state index contributed by atoms with van der Waals surface area (Å²) in [6, 6.07) is 10.1. The van der Waals surface area contributed by atoms with Gasteiger partial charge in [-0.3, -0.25) is 11.3 Å². The van der Waals surface area contributed by atoms with Gasteiger partial charge in [-0.15, -0.1) is 0 Å². The summed E-state index contributed by atoms with van der Waals surface area (Å²) in [4.78, 5) is 0. The zero-order valence-corrected chi connectivity index (χ0v) is 10.9. The summed E-state index contributed by atoms with van der Waals surface area (Å²) in [5.41, 5.74) is 5.12. The van der Waals surface area contributed by atoms with Crippen molar-refractivity contribution in [2.45, 2.75) is 18.9 Å². The van der Waals surface area contributed by atoms with Crippen molar-refractivity contribution in [3.8, 4) is 5.75 Å². The van der Waals surface area contributed by atoms with Gasteiger partial charge in [0.05, 0.1) is 13.3 Å². The first-order valence-electron chi connectivity index (χ1n) is 6.19. The van der Waals surface area contributed by atoms with Crippen molar-refractivity contribution >= 4 is 0 Å². The second-order valence-electron chi connectivity index (χ2n) is 4.28. The Morgan fingerprint density at radius 2 is 2.00 bits per heavy atom. The molecule has 5 nitrogen and oxygen atoms in total. The maximum atomic E-state index is 5.60. The molecule has 1 heterocycles. The first-order chi connectivity index (χ1) is 9.33. The van der Waals surface area contributed by atoms with Crippen LogP contribution in [0, 0.1) is 0 Å². The first kappa shape index (κ1) is 13.5. The largest absolute Gasteiger partial charge is 0.497 e. The van der Waals surface area contributed by atoms with Gasteiger partial charge in [0.15, 0.2) is 0 Å². The molecule has 0 amide bonds. The molecule has 1 aromatic heterocycles. The standard InChI is InChI=1S/C14H18N4O/c1-19-13-5-2-11(3-6-13)4-7-14(18-15)12-8-9-16-17-10-12/h2-3,5-6,8-10,14,18H,4,7,15H2,1H3. The first-order valence-corrected chi connectivity index (χ1v) is 6.19. The Morgan fingerprint density at radius 1 is 1.21 bits per heavy atom. The van der Waals surface area contributed by atoms with E-state index < -0.39 is 0 Å². The van der Waals surface area contributed by atoms with Crippen molar-refractivity contribution in [3.63, 3.8) is 0 Å². The minimum Gasteiger partial charge on any atom is -0.497 e. The van der Waals surface area contributed by atoms with Crippen LogP contribution in [0.3, 0.4) is 0 Å². The van der Waals surface area contributed by atoms with Gasteiger partial charge < -0.3 is 4.74 Å². The summed E-state index contributed by atoms with van der Waals surface area (Å²) in [7, 11) is 1.67. The Bertz CT molecular complexity index is 487. The van der Waals surface area contributed by atoms with Crippen LogP contribution < -0.4 is 16.0 Å². The minimum absolute atomic E-state index is 0.0811. The van der Waals surface area contributed by atoms with Crippen LogP contribution in [0.4, 0.5) is 0 Å². The number of nitrogens with two attached hydrogens (primary N) is 1. The van der Waals surface area contributed by atoms with E-state index in [-0.39, 0.29) is 6.04 Å². The summed E-state index contributed by atoms with van der Waals surface area (Å²) < 4.78 is 5.14. The molecule has 100 valence electrons. The Balaban J connectivity index is 1.96. The lowest BCUT2D eigenvalue weighted by molar-refractivity contribution is 0.414. The van der Waals surface area contributed by atoms with Gasteiger partial charge in [-0.25, -0.2) is 0 Å². The zero-order chi connectivity index (χ0) is 13.5. The van der Waals surface area contributed by atoms with Crippen LogP contribution in [0.25, 0.3) is 0 Å². The lowest BCUT2D eigenvalue weighted by Gasteiger charge is -2.15. The van der Waals surface area contributed by atoms with Crippen molar-refractivity contribution in [1.82, 2.24) is 15.6 Å². The average molecular weight is 258 g/mol. The van der Waals surface area contributed by atoms with Gasteiger partial charge in [0.1, 0.15) is 5.75 Å². The summed E-state index contributed by atoms with van der Waals surface area (Å²) in [5, 5.41) is 7.64. The zero-order valence-electron chi connectivity index (χ0n) is 10.9. The highest BCUT2D eigenvalue weighted by molar-refractivity contribution is 5.27. The number of methoxy groups -OCH3 is 1. The third-order valence-corrected chi connectivity index (χ3v) is 3.09. The smallest absolute Gasteiger partial charge is 0.118 e. The molecular weight excluding hydrogens is 240 g/mol. The predicted molar refractivity (Wildman–Crippen MR) is 73.4 cm³/mol. The molecule has 2 rings (SSSR count). The molecule has 0 fully saturated rings. The molecule has 3 N–H and O–H groups in total. The summed E-state index contributed by atoms with van der Waals surface area (Å²) in [5.74, 6) is 6.47. The highest BCUT2D eigenvalue weighted by atomic mass is 16.5. The van der Waals surface area contributed by atoms with E-state index >= 15 is 0 Å². The molecule has 0 saturated carbocycles. The van der Waals surface area contributed by atoms with E-state index in [0.29, 0.717) is 0 Å². The number of aromatic nitrogens is 2. The topological polar surface area (TPSA) is 73.1 Å². The summed E-state index contributed by atoms with van der Waals surface area (Å²) >= 11 is 0. The third kappa shape index (κ3) is 3.74. The maximum absolute atomic E-state index is 5.60. The van der Waals surface area contributed by atoms with Crippen LogP contribution in [-0.4, -0.2) is 17.3 Å². The quantitative estimate of drug-likeness (QED) is 0.608. The van der Waals surface area contributed by atoms with Gasteiger partial charge in [0, 0.05) is 12.2 Å². The Kier molecular flexibility index (Phi) is 4.83. The molecule has 0 radical (unpaired) electrons. The Morgan fingerprint density at radius 3 is 2.58 bits per heavy atom. The van der Waals surface area contributed by atoms with Crippen molar-refractivity contribution in [2.75, 3.05) is 7.11 Å².